The van der Waals surface area contributed by atoms with Gasteiger partial charge in [-0.3, -0.25) is 4.79 Å². The van der Waals surface area contributed by atoms with Crippen LogP contribution in [-0.2, 0) is 14.8 Å². The van der Waals surface area contributed by atoms with Crippen molar-refractivity contribution in [1.29, 1.82) is 0 Å². The maximum atomic E-state index is 12.6. The first kappa shape index (κ1) is 18.7. The van der Waals surface area contributed by atoms with Crippen LogP contribution in [0, 0.1) is 0 Å². The van der Waals surface area contributed by atoms with E-state index in [1.54, 1.807) is 19.1 Å². The summed E-state index contributed by atoms with van der Waals surface area (Å²) in [5.74, 6) is 0.272. The maximum absolute atomic E-state index is 12.6. The van der Waals surface area contributed by atoms with E-state index in [1.165, 1.54) is 16.4 Å². The summed E-state index contributed by atoms with van der Waals surface area (Å²) in [5, 5.41) is 2.77. The lowest BCUT2D eigenvalue weighted by molar-refractivity contribution is -0.127. The van der Waals surface area contributed by atoms with Crippen LogP contribution in [0.2, 0.25) is 0 Å². The minimum atomic E-state index is -3.44. The van der Waals surface area contributed by atoms with Gasteiger partial charge in [-0.15, -0.1) is 0 Å². The highest BCUT2D eigenvalue weighted by Gasteiger charge is 2.26. The summed E-state index contributed by atoms with van der Waals surface area (Å²) >= 11 is 0. The van der Waals surface area contributed by atoms with Crippen molar-refractivity contribution in [3.8, 4) is 5.75 Å². The number of benzene rings is 1. The van der Waals surface area contributed by atoms with Gasteiger partial charge in [0.15, 0.2) is 6.10 Å². The predicted octanol–water partition coefficient (Wildman–Crippen LogP) is 2.15. The van der Waals surface area contributed by atoms with E-state index in [2.05, 4.69) is 5.32 Å². The first-order chi connectivity index (χ1) is 11.3. The van der Waals surface area contributed by atoms with Gasteiger partial charge in [0.25, 0.3) is 5.91 Å². The van der Waals surface area contributed by atoms with Crippen molar-refractivity contribution in [3.63, 3.8) is 0 Å². The summed E-state index contributed by atoms with van der Waals surface area (Å²) in [7, 11) is -3.44. The first-order valence-electron chi connectivity index (χ1n) is 8.38. The molecule has 1 aromatic rings. The zero-order chi connectivity index (χ0) is 17.7. The lowest BCUT2D eigenvalue weighted by atomic mass is 10.2. The molecule has 0 bridgehead atoms. The van der Waals surface area contributed by atoms with Gasteiger partial charge in [0, 0.05) is 19.1 Å². The number of sulfonamides is 1. The van der Waals surface area contributed by atoms with Gasteiger partial charge in [-0.05, 0) is 57.9 Å². The van der Waals surface area contributed by atoms with Crippen molar-refractivity contribution >= 4 is 15.9 Å². The van der Waals surface area contributed by atoms with Crippen LogP contribution >= 0.6 is 0 Å². The van der Waals surface area contributed by atoms with E-state index in [1.807, 2.05) is 13.8 Å². The average molecular weight is 354 g/mol. The summed E-state index contributed by atoms with van der Waals surface area (Å²) in [4.78, 5) is 12.1. The molecule has 0 unspecified atom stereocenters. The average Bonchev–Trinajstić information content (AvgIpc) is 2.55. The molecule has 1 aliphatic heterocycles. The fourth-order valence-corrected chi connectivity index (χ4v) is 4.12. The van der Waals surface area contributed by atoms with Gasteiger partial charge in [0.1, 0.15) is 5.75 Å². The largest absolute Gasteiger partial charge is 0.481 e. The van der Waals surface area contributed by atoms with E-state index in [0.29, 0.717) is 18.8 Å². The highest BCUT2D eigenvalue weighted by molar-refractivity contribution is 7.89. The lowest BCUT2D eigenvalue weighted by Crippen LogP contribution is -2.40. The molecule has 2 rings (SSSR count). The van der Waals surface area contributed by atoms with Gasteiger partial charge < -0.3 is 10.1 Å². The Labute approximate surface area is 144 Å². The second-order valence-electron chi connectivity index (χ2n) is 6.36. The highest BCUT2D eigenvalue weighted by Crippen LogP contribution is 2.23. The number of carbonyl (C=O) groups is 1. The van der Waals surface area contributed by atoms with Crippen LogP contribution in [0.4, 0.5) is 0 Å². The van der Waals surface area contributed by atoms with E-state index in [4.69, 9.17) is 4.74 Å². The number of hydrogen-bond donors (Lipinski definition) is 1. The van der Waals surface area contributed by atoms with Crippen molar-refractivity contribution in [3.05, 3.63) is 24.3 Å². The van der Waals surface area contributed by atoms with E-state index in [0.717, 1.165) is 19.3 Å². The molecule has 7 heteroatoms. The Morgan fingerprint density at radius 1 is 1.08 bits per heavy atom. The number of nitrogens with zero attached hydrogens (tertiary/aromatic N) is 1. The number of piperidine rings is 1. The van der Waals surface area contributed by atoms with Gasteiger partial charge in [-0.25, -0.2) is 8.42 Å². The third-order valence-corrected chi connectivity index (χ3v) is 5.80. The quantitative estimate of drug-likeness (QED) is 0.849. The van der Waals surface area contributed by atoms with Gasteiger partial charge in [-0.2, -0.15) is 4.31 Å². The van der Waals surface area contributed by atoms with Crippen molar-refractivity contribution in [2.45, 2.75) is 57.1 Å². The molecular formula is C17H26N2O4S. The van der Waals surface area contributed by atoms with Crippen LogP contribution in [0.5, 0.6) is 5.75 Å². The van der Waals surface area contributed by atoms with E-state index in [9.17, 15) is 13.2 Å². The first-order valence-corrected chi connectivity index (χ1v) is 9.82. The van der Waals surface area contributed by atoms with Crippen LogP contribution < -0.4 is 10.1 Å². The van der Waals surface area contributed by atoms with Crippen molar-refractivity contribution in [1.82, 2.24) is 9.62 Å². The third-order valence-electron chi connectivity index (χ3n) is 3.89. The number of amides is 1. The SMILES string of the molecule is CC(C)NC(=O)[C@H](C)Oc1ccc(S(=O)(=O)N2CCCCC2)cc1. The summed E-state index contributed by atoms with van der Waals surface area (Å²) in [5.41, 5.74) is 0. The molecule has 0 aliphatic carbocycles. The minimum Gasteiger partial charge on any atom is -0.481 e. The predicted molar refractivity (Wildman–Crippen MR) is 92.4 cm³/mol. The van der Waals surface area contributed by atoms with Crippen LogP contribution in [0.3, 0.4) is 0 Å². The number of ether oxygens (including phenoxy) is 1. The Kier molecular flexibility index (Phi) is 6.23. The van der Waals surface area contributed by atoms with E-state index < -0.39 is 16.1 Å². The summed E-state index contributed by atoms with van der Waals surface area (Å²) in [6.45, 7) is 6.58. The van der Waals surface area contributed by atoms with Crippen molar-refractivity contribution < 1.29 is 17.9 Å². The molecule has 6 nitrogen and oxygen atoms in total. The number of hydrogen-bond acceptors (Lipinski definition) is 4. The van der Waals surface area contributed by atoms with Gasteiger partial charge in [0.2, 0.25) is 10.0 Å². The van der Waals surface area contributed by atoms with Gasteiger partial charge in [-0.1, -0.05) is 6.42 Å². The van der Waals surface area contributed by atoms with Crippen molar-refractivity contribution in [2.75, 3.05) is 13.1 Å². The highest BCUT2D eigenvalue weighted by atomic mass is 32.2. The van der Waals surface area contributed by atoms with Crippen LogP contribution in [0.25, 0.3) is 0 Å². The third kappa shape index (κ3) is 4.70. The zero-order valence-electron chi connectivity index (χ0n) is 14.5. The molecule has 1 saturated heterocycles. The Balaban J connectivity index is 2.03. The molecule has 0 spiro atoms. The molecule has 1 N–H and O–H groups in total. The molecule has 134 valence electrons. The number of nitrogens with one attached hydrogen (secondary N) is 1. The molecule has 1 heterocycles. The van der Waals surface area contributed by atoms with Gasteiger partial charge >= 0.3 is 0 Å². The second kappa shape index (κ2) is 7.98. The molecule has 1 fully saturated rings. The molecule has 0 aromatic heterocycles. The summed E-state index contributed by atoms with van der Waals surface area (Å²) < 4.78 is 32.2. The summed E-state index contributed by atoms with van der Waals surface area (Å²) in [6, 6.07) is 6.30. The molecule has 0 saturated carbocycles. The Morgan fingerprint density at radius 3 is 2.21 bits per heavy atom. The van der Waals surface area contributed by atoms with E-state index >= 15 is 0 Å². The van der Waals surface area contributed by atoms with Gasteiger partial charge in [0.05, 0.1) is 4.90 Å². The standard InChI is InChI=1S/C17H26N2O4S/c1-13(2)18-17(20)14(3)23-15-7-9-16(10-8-15)24(21,22)19-11-5-4-6-12-19/h7-10,13-14H,4-6,11-12H2,1-3H3,(H,18,20)/t14-/m0/s1. The van der Waals surface area contributed by atoms with E-state index in [-0.39, 0.29) is 16.8 Å². The smallest absolute Gasteiger partial charge is 0.260 e. The fourth-order valence-electron chi connectivity index (χ4n) is 2.60. The molecular weight excluding hydrogens is 328 g/mol. The fraction of sp³-hybridized carbons (Fsp3) is 0.588. The van der Waals surface area contributed by atoms with Crippen LogP contribution in [0.1, 0.15) is 40.0 Å². The maximum Gasteiger partial charge on any atom is 0.260 e. The lowest BCUT2D eigenvalue weighted by Gasteiger charge is -2.26. The molecule has 1 aliphatic rings. The summed E-state index contributed by atoms with van der Waals surface area (Å²) in [6.07, 6.45) is 2.25. The Bertz CT molecular complexity index is 650. The molecule has 1 atom stereocenters. The molecule has 1 aromatic carbocycles. The Hall–Kier alpha value is -1.60. The second-order valence-corrected chi connectivity index (χ2v) is 8.30. The molecule has 1 amide bonds. The normalized spacial score (nSPS) is 17.5. The number of rotatable bonds is 6. The Morgan fingerprint density at radius 2 is 1.67 bits per heavy atom. The topological polar surface area (TPSA) is 75.7 Å². The number of carbonyl (C=O) groups excluding carboxylic acids is 1. The molecule has 0 radical (unpaired) electrons. The zero-order valence-corrected chi connectivity index (χ0v) is 15.3. The van der Waals surface area contributed by atoms with Crippen molar-refractivity contribution in [2.24, 2.45) is 0 Å². The van der Waals surface area contributed by atoms with Crippen LogP contribution in [0.15, 0.2) is 29.2 Å². The monoisotopic (exact) mass is 354 g/mol. The minimum absolute atomic E-state index is 0.0422. The van der Waals surface area contributed by atoms with Crippen LogP contribution in [-0.4, -0.2) is 43.9 Å². The molecule has 24 heavy (non-hydrogen) atoms.